The van der Waals surface area contributed by atoms with Gasteiger partial charge in [0.15, 0.2) is 0 Å². The Balaban J connectivity index is 2.26. The Hall–Kier alpha value is -2.10. The molecular weight excluding hydrogens is 232 g/mol. The molecule has 0 atom stereocenters. The van der Waals surface area contributed by atoms with Gasteiger partial charge in [-0.3, -0.25) is 4.79 Å². The van der Waals surface area contributed by atoms with E-state index < -0.39 is 5.97 Å². The number of benzene rings is 1. The van der Waals surface area contributed by atoms with Crippen LogP contribution < -0.4 is 0 Å². The van der Waals surface area contributed by atoms with E-state index in [0.717, 1.165) is 5.56 Å². The Morgan fingerprint density at radius 1 is 1.17 bits per heavy atom. The normalized spacial score (nSPS) is 10.3. The van der Waals surface area contributed by atoms with Crippen molar-refractivity contribution in [3.05, 3.63) is 42.0 Å². The highest BCUT2D eigenvalue weighted by Gasteiger charge is 2.02. The van der Waals surface area contributed by atoms with Gasteiger partial charge in [0.25, 0.3) is 0 Å². The monoisotopic (exact) mass is 248 g/mol. The third-order valence-corrected chi connectivity index (χ3v) is 2.09. The van der Waals surface area contributed by atoms with Crippen LogP contribution in [0.25, 0.3) is 6.08 Å². The predicted molar refractivity (Wildman–Crippen MR) is 67.4 cm³/mol. The summed E-state index contributed by atoms with van der Waals surface area (Å²) in [6.07, 6.45) is 3.97. The number of ether oxygens (including phenoxy) is 2. The maximum atomic E-state index is 11.3. The molecule has 0 aromatic heterocycles. The molecule has 0 aliphatic rings. The molecule has 0 radical (unpaired) electrons. The maximum absolute atomic E-state index is 11.3. The summed E-state index contributed by atoms with van der Waals surface area (Å²) in [5.74, 6) is -0.902. The van der Waals surface area contributed by atoms with E-state index in [2.05, 4.69) is 4.74 Å². The minimum absolute atomic E-state index is 0.331. The summed E-state index contributed by atoms with van der Waals surface area (Å²) in [6, 6.07) is 9.37. The van der Waals surface area contributed by atoms with Crippen LogP contribution in [0.4, 0.5) is 0 Å². The molecule has 0 saturated heterocycles. The van der Waals surface area contributed by atoms with Gasteiger partial charge >= 0.3 is 11.9 Å². The lowest BCUT2D eigenvalue weighted by Crippen LogP contribution is -2.10. The van der Waals surface area contributed by atoms with E-state index >= 15 is 0 Å². The molecule has 1 aromatic carbocycles. The highest BCUT2D eigenvalue weighted by molar-refractivity contribution is 5.87. The van der Waals surface area contributed by atoms with Crippen molar-refractivity contribution in [2.45, 2.75) is 19.8 Å². The predicted octanol–water partition coefficient (Wildman–Crippen LogP) is 2.54. The molecule has 1 aromatic rings. The summed E-state index contributed by atoms with van der Waals surface area (Å²) in [5, 5.41) is 0. The van der Waals surface area contributed by atoms with Crippen molar-refractivity contribution in [3.8, 4) is 0 Å². The quantitative estimate of drug-likeness (QED) is 0.441. The molecule has 1 rings (SSSR count). The summed E-state index contributed by atoms with van der Waals surface area (Å²) in [5.41, 5.74) is 0.900. The second-order valence-corrected chi connectivity index (χ2v) is 3.59. The fraction of sp³-hybridized carbons (Fsp3) is 0.286. The van der Waals surface area contributed by atoms with Gasteiger partial charge in [-0.25, -0.2) is 4.79 Å². The van der Waals surface area contributed by atoms with Crippen molar-refractivity contribution in [1.29, 1.82) is 0 Å². The van der Waals surface area contributed by atoms with Crippen LogP contribution in [0.15, 0.2) is 36.4 Å². The van der Waals surface area contributed by atoms with Gasteiger partial charge < -0.3 is 9.47 Å². The number of hydrogen-bond acceptors (Lipinski definition) is 4. The Morgan fingerprint density at radius 3 is 2.56 bits per heavy atom. The van der Waals surface area contributed by atoms with Crippen LogP contribution in [-0.4, -0.2) is 18.7 Å². The van der Waals surface area contributed by atoms with Gasteiger partial charge in [-0.2, -0.15) is 0 Å². The molecule has 0 heterocycles. The van der Waals surface area contributed by atoms with Crippen molar-refractivity contribution < 1.29 is 19.1 Å². The van der Waals surface area contributed by atoms with Crippen molar-refractivity contribution in [3.63, 3.8) is 0 Å². The second-order valence-electron chi connectivity index (χ2n) is 3.59. The molecule has 96 valence electrons. The van der Waals surface area contributed by atoms with Gasteiger partial charge in [0.2, 0.25) is 6.79 Å². The average Bonchev–Trinajstić information content (AvgIpc) is 2.38. The Morgan fingerprint density at radius 2 is 1.89 bits per heavy atom. The van der Waals surface area contributed by atoms with Gasteiger partial charge in [-0.05, 0) is 18.1 Å². The Labute approximate surface area is 106 Å². The number of carbonyl (C=O) groups is 2. The van der Waals surface area contributed by atoms with E-state index in [1.807, 2.05) is 37.3 Å². The highest BCUT2D eigenvalue weighted by Crippen LogP contribution is 2.01. The van der Waals surface area contributed by atoms with E-state index in [0.29, 0.717) is 12.8 Å². The summed E-state index contributed by atoms with van der Waals surface area (Å²) in [7, 11) is 0. The fourth-order valence-corrected chi connectivity index (χ4v) is 1.21. The molecular formula is C14H16O4. The van der Waals surface area contributed by atoms with Crippen molar-refractivity contribution in [2.24, 2.45) is 0 Å². The van der Waals surface area contributed by atoms with Crippen LogP contribution in [0.5, 0.6) is 0 Å². The number of esters is 2. The van der Waals surface area contributed by atoms with Crippen LogP contribution in [0.1, 0.15) is 25.3 Å². The largest absolute Gasteiger partial charge is 0.428 e. The standard InChI is InChI=1S/C14H16O4/c1-2-6-13(15)17-11-18-14(16)10-9-12-7-4-3-5-8-12/h3-5,7-10H,2,6,11H2,1H3. The number of hydrogen-bond donors (Lipinski definition) is 0. The highest BCUT2D eigenvalue weighted by atomic mass is 16.7. The third kappa shape index (κ3) is 5.84. The first-order valence-electron chi connectivity index (χ1n) is 5.78. The van der Waals surface area contributed by atoms with E-state index in [4.69, 9.17) is 4.74 Å². The summed E-state index contributed by atoms with van der Waals surface area (Å²) in [4.78, 5) is 22.2. The molecule has 0 fully saturated rings. The second kappa shape index (κ2) is 8.06. The zero-order valence-corrected chi connectivity index (χ0v) is 10.3. The van der Waals surface area contributed by atoms with Gasteiger partial charge in [0.05, 0.1) is 0 Å². The van der Waals surface area contributed by atoms with Gasteiger partial charge in [-0.15, -0.1) is 0 Å². The lowest BCUT2D eigenvalue weighted by Gasteiger charge is -2.03. The van der Waals surface area contributed by atoms with Crippen molar-refractivity contribution in [2.75, 3.05) is 6.79 Å². The molecule has 4 nitrogen and oxygen atoms in total. The average molecular weight is 248 g/mol. The smallest absolute Gasteiger partial charge is 0.333 e. The zero-order chi connectivity index (χ0) is 13.2. The third-order valence-electron chi connectivity index (χ3n) is 2.09. The molecule has 18 heavy (non-hydrogen) atoms. The Bertz CT molecular complexity index is 409. The first-order chi connectivity index (χ1) is 8.72. The molecule has 4 heteroatoms. The lowest BCUT2D eigenvalue weighted by molar-refractivity contribution is -0.163. The molecule has 0 unspecified atom stereocenters. The summed E-state index contributed by atoms with van der Waals surface area (Å²) >= 11 is 0. The van der Waals surface area contributed by atoms with Crippen molar-refractivity contribution >= 4 is 18.0 Å². The van der Waals surface area contributed by atoms with Gasteiger partial charge in [0.1, 0.15) is 0 Å². The molecule has 0 saturated carbocycles. The lowest BCUT2D eigenvalue weighted by atomic mass is 10.2. The molecule has 0 aliphatic carbocycles. The minimum Gasteiger partial charge on any atom is -0.428 e. The van der Waals surface area contributed by atoms with E-state index in [1.165, 1.54) is 6.08 Å². The van der Waals surface area contributed by atoms with Gasteiger partial charge in [0, 0.05) is 12.5 Å². The molecule has 0 amide bonds. The van der Waals surface area contributed by atoms with Crippen LogP contribution in [0, 0.1) is 0 Å². The first kappa shape index (κ1) is 14.0. The number of carbonyl (C=O) groups excluding carboxylic acids is 2. The topological polar surface area (TPSA) is 52.6 Å². The summed E-state index contributed by atoms with van der Waals surface area (Å²) < 4.78 is 9.40. The Kier molecular flexibility index (Phi) is 6.25. The van der Waals surface area contributed by atoms with Crippen LogP contribution >= 0.6 is 0 Å². The van der Waals surface area contributed by atoms with Crippen LogP contribution in [-0.2, 0) is 19.1 Å². The fourth-order valence-electron chi connectivity index (χ4n) is 1.21. The van der Waals surface area contributed by atoms with Crippen LogP contribution in [0.3, 0.4) is 0 Å². The first-order valence-corrected chi connectivity index (χ1v) is 5.78. The molecule has 0 N–H and O–H groups in total. The van der Waals surface area contributed by atoms with Crippen LogP contribution in [0.2, 0.25) is 0 Å². The van der Waals surface area contributed by atoms with E-state index in [-0.39, 0.29) is 12.8 Å². The SMILES string of the molecule is CCCC(=O)OCOC(=O)C=Cc1ccccc1. The van der Waals surface area contributed by atoms with Gasteiger partial charge in [-0.1, -0.05) is 37.3 Å². The molecule has 0 bridgehead atoms. The zero-order valence-electron chi connectivity index (χ0n) is 10.3. The molecule has 0 spiro atoms. The summed E-state index contributed by atoms with van der Waals surface area (Å²) in [6.45, 7) is 1.53. The number of rotatable bonds is 6. The van der Waals surface area contributed by atoms with E-state index in [1.54, 1.807) is 6.08 Å². The van der Waals surface area contributed by atoms with E-state index in [9.17, 15) is 9.59 Å². The minimum atomic E-state index is -0.539. The maximum Gasteiger partial charge on any atom is 0.333 e. The van der Waals surface area contributed by atoms with Crippen molar-refractivity contribution in [1.82, 2.24) is 0 Å². The molecule has 0 aliphatic heterocycles.